The van der Waals surface area contributed by atoms with Crippen molar-refractivity contribution in [3.8, 4) is 22.3 Å². The molecule has 0 fully saturated rings. The number of aliphatic carboxylic acids is 1. The Morgan fingerprint density at radius 3 is 1.76 bits per heavy atom. The van der Waals surface area contributed by atoms with E-state index in [4.69, 9.17) is 0 Å². The van der Waals surface area contributed by atoms with Crippen LogP contribution in [-0.4, -0.2) is 132 Å². The third-order valence-electron chi connectivity index (χ3n) is 14.3. The molecule has 2 aromatic heterocycles. The molecule has 20 nitrogen and oxygen atoms in total. The molecule has 80 heavy (non-hydrogen) atoms. The number of hydrogen-bond acceptors (Lipinski definition) is 13. The van der Waals surface area contributed by atoms with Crippen molar-refractivity contribution < 1.29 is 59.6 Å². The van der Waals surface area contributed by atoms with Crippen molar-refractivity contribution in [1.82, 2.24) is 31.2 Å². The molecule has 6 N–H and O–H groups in total. The molecule has 0 radical (unpaired) electrons. The van der Waals surface area contributed by atoms with E-state index in [9.17, 15) is 55.0 Å². The number of carboxylic acid groups (broad SMARTS) is 1. The van der Waals surface area contributed by atoms with Crippen LogP contribution in [0.15, 0.2) is 109 Å². The number of benzene rings is 4. The summed E-state index contributed by atoms with van der Waals surface area (Å²) in [7, 11) is -7.51. The molecule has 4 heterocycles. The van der Waals surface area contributed by atoms with Gasteiger partial charge in [0.25, 0.3) is 33.7 Å². The average molecular weight is 1130 g/mol. The number of carboxylic acids is 1. The number of carbonyl (C=O) groups is 5. The van der Waals surface area contributed by atoms with Gasteiger partial charge < -0.3 is 35.8 Å². The zero-order valence-electron chi connectivity index (χ0n) is 45.3. The highest BCUT2D eigenvalue weighted by Gasteiger charge is 2.46. The first kappa shape index (κ1) is 58.0. The van der Waals surface area contributed by atoms with Crippen LogP contribution in [-0.2, 0) is 35.9 Å². The monoisotopic (exact) mass is 1130 g/mol. The van der Waals surface area contributed by atoms with E-state index in [1.54, 1.807) is 19.1 Å². The number of pyridine rings is 2. The van der Waals surface area contributed by atoms with Crippen LogP contribution in [0.4, 0.5) is 11.4 Å². The molecule has 4 aromatic carbocycles. The largest absolute Gasteiger partial charge is 0.748 e. The summed E-state index contributed by atoms with van der Waals surface area (Å²) in [5.74, 6) is -5.30. The maximum absolute atomic E-state index is 13.5. The summed E-state index contributed by atoms with van der Waals surface area (Å²) < 4.78 is 70.5. The van der Waals surface area contributed by atoms with Crippen LogP contribution in [0.2, 0.25) is 0 Å². The van der Waals surface area contributed by atoms with Gasteiger partial charge in [-0.2, -0.15) is 13.0 Å². The summed E-state index contributed by atoms with van der Waals surface area (Å²) in [5, 5.41) is 22.6. The molecule has 0 saturated heterocycles. The Bertz CT molecular complexity index is 3890. The van der Waals surface area contributed by atoms with Gasteiger partial charge in [0.05, 0.1) is 32.4 Å². The molecule has 22 heteroatoms. The van der Waals surface area contributed by atoms with E-state index in [-0.39, 0.29) is 35.7 Å². The first-order valence-corrected chi connectivity index (χ1v) is 29.1. The molecular formula is C58H62N8O12S2. The lowest BCUT2D eigenvalue weighted by Gasteiger charge is -2.27. The topological polar surface area (TPSA) is 297 Å². The highest BCUT2D eigenvalue weighted by molar-refractivity contribution is 7.86. The number of nitrogens with one attached hydrogen (secondary N) is 4. The van der Waals surface area contributed by atoms with E-state index in [1.807, 2.05) is 78.9 Å². The van der Waals surface area contributed by atoms with Gasteiger partial charge in [0.2, 0.25) is 5.69 Å². The molecule has 0 spiro atoms. The van der Waals surface area contributed by atoms with Crippen molar-refractivity contribution in [2.75, 3.05) is 56.2 Å². The third kappa shape index (κ3) is 11.9. The van der Waals surface area contributed by atoms with E-state index in [1.165, 1.54) is 19.2 Å². The minimum atomic E-state index is -4.57. The number of hydrogen-bond donors (Lipinski definition) is 6. The van der Waals surface area contributed by atoms with Crippen LogP contribution in [0.3, 0.4) is 0 Å². The van der Waals surface area contributed by atoms with Gasteiger partial charge >= 0.3 is 5.97 Å². The van der Waals surface area contributed by atoms with Crippen LogP contribution >= 0.6 is 0 Å². The van der Waals surface area contributed by atoms with Crippen molar-refractivity contribution in [2.45, 2.75) is 65.2 Å². The summed E-state index contributed by atoms with van der Waals surface area (Å²) in [6, 6.07) is 25.6. The molecule has 0 atom stereocenters. The lowest BCUT2D eigenvalue weighted by atomic mass is 9.79. The van der Waals surface area contributed by atoms with Gasteiger partial charge in [0, 0.05) is 67.0 Å². The predicted molar refractivity (Wildman–Crippen MR) is 304 cm³/mol. The Labute approximate surface area is 463 Å². The number of fused-ring (bicyclic) bond motifs is 6. The summed E-state index contributed by atoms with van der Waals surface area (Å²) in [4.78, 5) is 75.7. The average Bonchev–Trinajstić information content (AvgIpc) is 3.80. The normalized spacial score (nSPS) is 15.1. The van der Waals surface area contributed by atoms with E-state index in [0.717, 1.165) is 67.4 Å². The lowest BCUT2D eigenvalue weighted by molar-refractivity contribution is -0.435. The fourth-order valence-electron chi connectivity index (χ4n) is 10.7. The minimum Gasteiger partial charge on any atom is -0.748 e. The van der Waals surface area contributed by atoms with Gasteiger partial charge in [-0.15, -0.1) is 0 Å². The second-order valence-electron chi connectivity index (χ2n) is 20.5. The van der Waals surface area contributed by atoms with E-state index in [2.05, 4.69) is 75.3 Å². The smallest absolute Gasteiger partial charge is 0.322 e. The molecule has 6 aromatic rings. The van der Waals surface area contributed by atoms with Crippen LogP contribution in [0, 0.1) is 0 Å². The van der Waals surface area contributed by atoms with Crippen LogP contribution < -0.4 is 26.2 Å². The third-order valence-corrected chi connectivity index (χ3v) is 15.8. The first-order chi connectivity index (χ1) is 37.8. The van der Waals surface area contributed by atoms with Crippen LogP contribution in [0.25, 0.3) is 43.8 Å². The Kier molecular flexibility index (Phi) is 16.6. The predicted octanol–water partition coefficient (Wildman–Crippen LogP) is 6.62. The Morgan fingerprint density at radius 2 is 1.23 bits per heavy atom. The summed E-state index contributed by atoms with van der Waals surface area (Å²) in [6.07, 6.45) is 6.79. The molecule has 418 valence electrons. The maximum atomic E-state index is 13.5. The molecule has 0 bridgehead atoms. The zero-order valence-corrected chi connectivity index (χ0v) is 46.9. The summed E-state index contributed by atoms with van der Waals surface area (Å²) >= 11 is 0. The molecule has 8 rings (SSSR count). The van der Waals surface area contributed by atoms with E-state index in [0.29, 0.717) is 29.8 Å². The fourth-order valence-corrected chi connectivity index (χ4v) is 11.5. The van der Waals surface area contributed by atoms with Crippen molar-refractivity contribution in [3.63, 3.8) is 0 Å². The van der Waals surface area contributed by atoms with Gasteiger partial charge in [-0.25, -0.2) is 18.4 Å². The molecule has 0 unspecified atom stereocenters. The Morgan fingerprint density at radius 1 is 0.700 bits per heavy atom. The summed E-state index contributed by atoms with van der Waals surface area (Å²) in [6.45, 7) is 12.1. The molecule has 0 aliphatic carbocycles. The van der Waals surface area contributed by atoms with E-state index < -0.39 is 85.3 Å². The van der Waals surface area contributed by atoms with Crippen molar-refractivity contribution in [2.24, 2.45) is 0 Å². The standard InChI is InChI=1S/C58H62N8O12S2/c1-8-23-65-48(57(3,4)42-31-41(36-16-10-12-18-38(36)51(42)65)35-29-46(55(71)61-22-26-80(76,77)78)64-47(30-35)56(72)62-33-50(67)68)20-14-21-49-58(5,6)43-32-40(34-27-44(53(69)59-7)63-45(28-34)54(70)60-9-2)37-17-11-13-19-39(37)52(43)66(49)24-15-25-79(73,74)75/h10-14,16-21,27-32H,8-9,15,22-26,33H2,1-7H3,(H6-,59,60,61,62,67,68,69,70,71,72,73,74,75,76,77,78). The highest BCUT2D eigenvalue weighted by atomic mass is 32.2. The second-order valence-corrected chi connectivity index (χ2v) is 23.6. The molecule has 2 aliphatic rings. The minimum absolute atomic E-state index is 0.0276. The van der Waals surface area contributed by atoms with Gasteiger partial charge in [0.15, 0.2) is 5.71 Å². The Balaban J connectivity index is 1.27. The quantitative estimate of drug-likeness (QED) is 0.0346. The number of aromatic nitrogens is 2. The van der Waals surface area contributed by atoms with Gasteiger partial charge in [-0.05, 0) is 114 Å². The number of amides is 4. The van der Waals surface area contributed by atoms with E-state index >= 15 is 0 Å². The summed E-state index contributed by atoms with van der Waals surface area (Å²) in [5.41, 5.74) is 5.65. The van der Waals surface area contributed by atoms with Gasteiger partial charge in [-0.3, -0.25) is 28.5 Å². The SMILES string of the molecule is CCCN1/C(=C/C=C/C2=[N+](CCCS(=O)(=O)[O-])c3c(cc(-c4cc(C(=O)NC)nc(C(=O)NCC)c4)c4ccccc34)C2(C)C)C(C)(C)c2cc(-c3cc(C(=O)NCCS(=O)(=O)O)nc(C(=O)NCC(=O)O)c3)c3ccccc3c21. The molecule has 0 saturated carbocycles. The number of nitrogens with zero attached hydrogens (tertiary/aromatic N) is 4. The van der Waals surface area contributed by atoms with Crippen molar-refractivity contribution >= 4 is 88.5 Å². The molecular weight excluding hydrogens is 1060 g/mol. The number of carbonyl (C=O) groups excluding carboxylic acids is 4. The van der Waals surface area contributed by atoms with Crippen molar-refractivity contribution in [3.05, 3.63) is 143 Å². The van der Waals surface area contributed by atoms with Gasteiger partial charge in [-0.1, -0.05) is 69.3 Å². The highest BCUT2D eigenvalue weighted by Crippen LogP contribution is 2.53. The zero-order chi connectivity index (χ0) is 58.1. The first-order valence-electron chi connectivity index (χ1n) is 26.0. The molecule has 2 aliphatic heterocycles. The Hall–Kier alpha value is -8.18. The number of rotatable bonds is 20. The fraction of sp³-hybridized carbons (Fsp3) is 0.310. The lowest BCUT2D eigenvalue weighted by Crippen LogP contribution is -2.32. The van der Waals surface area contributed by atoms with Crippen molar-refractivity contribution in [1.29, 1.82) is 0 Å². The number of allylic oxidation sites excluding steroid dienone is 4. The van der Waals surface area contributed by atoms with Gasteiger partial charge in [0.1, 0.15) is 35.9 Å². The van der Waals surface area contributed by atoms with Crippen LogP contribution in [0.1, 0.15) is 107 Å². The van der Waals surface area contributed by atoms with Crippen LogP contribution in [0.5, 0.6) is 0 Å². The second kappa shape index (κ2) is 22.9. The number of anilines is 1. The molecule has 4 amide bonds. The maximum Gasteiger partial charge on any atom is 0.322 e.